The first-order valence-corrected chi connectivity index (χ1v) is 10.2. The van der Waals surface area contributed by atoms with Gasteiger partial charge in [-0.15, -0.1) is 0 Å². The molecule has 0 bridgehead atoms. The Labute approximate surface area is 177 Å². The number of para-hydroxylation sites is 1. The number of fused-ring (bicyclic) bond motifs is 1. The van der Waals surface area contributed by atoms with Gasteiger partial charge in [-0.3, -0.25) is 4.79 Å². The maximum Gasteiger partial charge on any atom is 0.255 e. The molecule has 3 aromatic carbocycles. The molecule has 4 nitrogen and oxygen atoms in total. The van der Waals surface area contributed by atoms with Crippen LogP contribution in [0, 0.1) is 13.8 Å². The van der Waals surface area contributed by atoms with Crippen molar-refractivity contribution in [3.63, 3.8) is 0 Å². The first kappa shape index (κ1) is 20.0. The largest absolute Gasteiger partial charge is 0.485 e. The van der Waals surface area contributed by atoms with Gasteiger partial charge in [0.2, 0.25) is 0 Å². The number of aryl methyl sites for hydroxylation is 2. The van der Waals surface area contributed by atoms with Gasteiger partial charge in [0, 0.05) is 23.2 Å². The second-order valence-electron chi connectivity index (χ2n) is 8.60. The van der Waals surface area contributed by atoms with E-state index < -0.39 is 0 Å². The fourth-order valence-electron chi connectivity index (χ4n) is 3.86. The van der Waals surface area contributed by atoms with Crippen molar-refractivity contribution >= 4 is 11.6 Å². The molecule has 0 aromatic heterocycles. The van der Waals surface area contributed by atoms with Gasteiger partial charge in [-0.05, 0) is 74.7 Å². The molecule has 3 aromatic rings. The summed E-state index contributed by atoms with van der Waals surface area (Å²) in [6.07, 6.45) is 0.879. The van der Waals surface area contributed by atoms with Crippen molar-refractivity contribution in [2.75, 3.05) is 5.32 Å². The van der Waals surface area contributed by atoms with E-state index in [-0.39, 0.29) is 11.5 Å². The normalized spacial score (nSPS) is 14.0. The van der Waals surface area contributed by atoms with Crippen molar-refractivity contribution in [1.29, 1.82) is 0 Å². The van der Waals surface area contributed by atoms with Gasteiger partial charge in [0.1, 0.15) is 12.2 Å². The number of carbonyl (C=O) groups is 1. The van der Waals surface area contributed by atoms with Gasteiger partial charge < -0.3 is 14.8 Å². The van der Waals surface area contributed by atoms with Crippen molar-refractivity contribution in [2.24, 2.45) is 0 Å². The number of nitrogens with one attached hydrogen (secondary N) is 1. The average molecular weight is 402 g/mol. The van der Waals surface area contributed by atoms with E-state index in [9.17, 15) is 4.79 Å². The molecule has 1 aliphatic heterocycles. The third-order valence-corrected chi connectivity index (χ3v) is 5.14. The minimum Gasteiger partial charge on any atom is -0.485 e. The lowest BCUT2D eigenvalue weighted by atomic mass is 10.0. The van der Waals surface area contributed by atoms with E-state index >= 15 is 0 Å². The summed E-state index contributed by atoms with van der Waals surface area (Å²) in [5.41, 5.74) is 5.64. The predicted octanol–water partition coefficient (Wildman–Crippen LogP) is 5.85. The Morgan fingerprint density at radius 1 is 1.03 bits per heavy atom. The predicted molar refractivity (Wildman–Crippen MR) is 119 cm³/mol. The van der Waals surface area contributed by atoms with Crippen LogP contribution in [0.1, 0.15) is 46.5 Å². The standard InChI is InChI=1S/C26H27NO3/c1-17-12-18(2)14-22(13-17)27-25(28)20-10-8-19(9-11-20)16-29-23-7-5-6-21-15-26(3,4)30-24(21)23/h5-14H,15-16H2,1-4H3,(H,27,28). The quantitative estimate of drug-likeness (QED) is 0.583. The van der Waals surface area contributed by atoms with Crippen LogP contribution in [-0.2, 0) is 13.0 Å². The first-order valence-electron chi connectivity index (χ1n) is 10.2. The lowest BCUT2D eigenvalue weighted by Gasteiger charge is -2.18. The minimum absolute atomic E-state index is 0.121. The molecule has 1 heterocycles. The van der Waals surface area contributed by atoms with Crippen LogP contribution < -0.4 is 14.8 Å². The number of benzene rings is 3. The van der Waals surface area contributed by atoms with Gasteiger partial charge >= 0.3 is 0 Å². The Kier molecular flexibility index (Phi) is 5.25. The van der Waals surface area contributed by atoms with Crippen LogP contribution in [0.5, 0.6) is 11.5 Å². The average Bonchev–Trinajstić information content (AvgIpc) is 3.00. The Bertz CT molecular complexity index is 1060. The van der Waals surface area contributed by atoms with Crippen molar-refractivity contribution in [2.45, 2.75) is 46.3 Å². The van der Waals surface area contributed by atoms with E-state index in [1.165, 1.54) is 5.56 Å². The zero-order chi connectivity index (χ0) is 21.3. The molecule has 0 saturated carbocycles. The van der Waals surface area contributed by atoms with Gasteiger partial charge in [0.25, 0.3) is 5.91 Å². The molecular formula is C26H27NO3. The van der Waals surface area contributed by atoms with Crippen LogP contribution in [0.2, 0.25) is 0 Å². The number of rotatable bonds is 5. The number of anilines is 1. The molecule has 0 radical (unpaired) electrons. The van der Waals surface area contributed by atoms with Crippen LogP contribution in [-0.4, -0.2) is 11.5 Å². The maximum absolute atomic E-state index is 12.6. The van der Waals surface area contributed by atoms with Crippen molar-refractivity contribution in [1.82, 2.24) is 0 Å². The van der Waals surface area contributed by atoms with Gasteiger partial charge in [0.05, 0.1) is 0 Å². The second kappa shape index (κ2) is 7.86. The van der Waals surface area contributed by atoms with Crippen LogP contribution in [0.3, 0.4) is 0 Å². The van der Waals surface area contributed by atoms with Gasteiger partial charge in [-0.2, -0.15) is 0 Å². The van der Waals surface area contributed by atoms with E-state index in [0.717, 1.165) is 40.3 Å². The highest BCUT2D eigenvalue weighted by atomic mass is 16.5. The number of hydrogen-bond donors (Lipinski definition) is 1. The third-order valence-electron chi connectivity index (χ3n) is 5.14. The van der Waals surface area contributed by atoms with Crippen molar-refractivity contribution < 1.29 is 14.3 Å². The van der Waals surface area contributed by atoms with E-state index in [4.69, 9.17) is 9.47 Å². The zero-order valence-electron chi connectivity index (χ0n) is 17.9. The molecule has 154 valence electrons. The fourth-order valence-corrected chi connectivity index (χ4v) is 3.86. The number of ether oxygens (including phenoxy) is 2. The molecular weight excluding hydrogens is 374 g/mol. The van der Waals surface area contributed by atoms with E-state index in [0.29, 0.717) is 12.2 Å². The lowest BCUT2D eigenvalue weighted by Crippen LogP contribution is -2.24. The van der Waals surface area contributed by atoms with E-state index in [2.05, 4.69) is 31.3 Å². The number of hydrogen-bond acceptors (Lipinski definition) is 3. The minimum atomic E-state index is -0.202. The number of carbonyl (C=O) groups excluding carboxylic acids is 1. The molecule has 0 saturated heterocycles. The summed E-state index contributed by atoms with van der Waals surface area (Å²) in [6, 6.07) is 19.5. The highest BCUT2D eigenvalue weighted by Crippen LogP contribution is 2.41. The SMILES string of the molecule is Cc1cc(C)cc(NC(=O)c2ccc(COc3cccc4c3OC(C)(C)C4)cc2)c1. The fraction of sp³-hybridized carbons (Fsp3) is 0.269. The van der Waals surface area contributed by atoms with Gasteiger partial charge in [-0.25, -0.2) is 0 Å². The van der Waals surface area contributed by atoms with E-state index in [1.54, 1.807) is 0 Å². The molecule has 0 unspecified atom stereocenters. The van der Waals surface area contributed by atoms with Crippen LogP contribution in [0.15, 0.2) is 60.7 Å². The molecule has 1 N–H and O–H groups in total. The lowest BCUT2D eigenvalue weighted by molar-refractivity contribution is 0.102. The van der Waals surface area contributed by atoms with Crippen molar-refractivity contribution in [3.05, 3.63) is 88.5 Å². The van der Waals surface area contributed by atoms with Crippen molar-refractivity contribution in [3.8, 4) is 11.5 Å². The van der Waals surface area contributed by atoms with E-state index in [1.807, 2.05) is 62.4 Å². The Morgan fingerprint density at radius 2 is 1.73 bits per heavy atom. The van der Waals surface area contributed by atoms with Crippen LogP contribution in [0.25, 0.3) is 0 Å². The Hall–Kier alpha value is -3.27. The smallest absolute Gasteiger partial charge is 0.255 e. The zero-order valence-corrected chi connectivity index (χ0v) is 17.9. The summed E-state index contributed by atoms with van der Waals surface area (Å²) >= 11 is 0. The Balaban J connectivity index is 1.40. The molecule has 0 fully saturated rings. The molecule has 1 amide bonds. The number of amides is 1. The van der Waals surface area contributed by atoms with Gasteiger partial charge in [0.15, 0.2) is 11.5 Å². The molecule has 4 heteroatoms. The summed E-state index contributed by atoms with van der Waals surface area (Å²) in [7, 11) is 0. The molecule has 30 heavy (non-hydrogen) atoms. The summed E-state index contributed by atoms with van der Waals surface area (Å²) in [6.45, 7) is 8.62. The molecule has 0 spiro atoms. The summed E-state index contributed by atoms with van der Waals surface area (Å²) < 4.78 is 12.1. The van der Waals surface area contributed by atoms with Crippen LogP contribution >= 0.6 is 0 Å². The first-order chi connectivity index (χ1) is 14.3. The second-order valence-corrected chi connectivity index (χ2v) is 8.60. The Morgan fingerprint density at radius 3 is 2.43 bits per heavy atom. The summed E-state index contributed by atoms with van der Waals surface area (Å²) in [4.78, 5) is 12.6. The summed E-state index contributed by atoms with van der Waals surface area (Å²) in [5.74, 6) is 1.48. The summed E-state index contributed by atoms with van der Waals surface area (Å²) in [5, 5.41) is 2.97. The maximum atomic E-state index is 12.6. The molecule has 0 aliphatic carbocycles. The topological polar surface area (TPSA) is 47.6 Å². The highest BCUT2D eigenvalue weighted by molar-refractivity contribution is 6.04. The van der Waals surface area contributed by atoms with Gasteiger partial charge in [-0.1, -0.05) is 30.3 Å². The molecule has 4 rings (SSSR count). The molecule has 0 atom stereocenters. The highest BCUT2D eigenvalue weighted by Gasteiger charge is 2.32. The third kappa shape index (κ3) is 4.48. The van der Waals surface area contributed by atoms with Crippen LogP contribution in [0.4, 0.5) is 5.69 Å². The molecule has 1 aliphatic rings. The monoisotopic (exact) mass is 401 g/mol.